The van der Waals surface area contributed by atoms with E-state index in [9.17, 15) is 4.79 Å². The van der Waals surface area contributed by atoms with Gasteiger partial charge in [-0.3, -0.25) is 4.79 Å². The molecule has 3 heterocycles. The first kappa shape index (κ1) is 10.9. The molecular formula is C10H11N5O3. The molecule has 18 heavy (non-hydrogen) atoms. The Kier molecular flexibility index (Phi) is 2.37. The molecule has 8 nitrogen and oxygen atoms in total. The van der Waals surface area contributed by atoms with Gasteiger partial charge >= 0.3 is 5.97 Å². The lowest BCUT2D eigenvalue weighted by Gasteiger charge is -2.39. The van der Waals surface area contributed by atoms with Gasteiger partial charge < -0.3 is 14.8 Å². The minimum Gasteiger partial charge on any atom is -0.481 e. The minimum absolute atomic E-state index is 0.0338. The van der Waals surface area contributed by atoms with Gasteiger partial charge in [-0.1, -0.05) is 0 Å². The maximum Gasteiger partial charge on any atom is 0.305 e. The molecular weight excluding hydrogens is 238 g/mol. The summed E-state index contributed by atoms with van der Waals surface area (Å²) in [5.41, 5.74) is -0.621. The number of tetrazole rings is 1. The molecule has 2 aromatic heterocycles. The average Bonchev–Trinajstić information content (AvgIpc) is 2.92. The second-order valence-corrected chi connectivity index (χ2v) is 4.28. The molecule has 1 aliphatic rings. The number of carboxylic acids is 1. The lowest BCUT2D eigenvalue weighted by Crippen LogP contribution is -2.62. The SMILES string of the molecule is O=C(O)CC1(n2nnc(-c3ccco3)n2)CNC1. The van der Waals surface area contributed by atoms with E-state index in [1.807, 2.05) is 0 Å². The molecule has 0 unspecified atom stereocenters. The third-order valence-electron chi connectivity index (χ3n) is 2.97. The number of carboxylic acid groups (broad SMARTS) is 1. The van der Waals surface area contributed by atoms with E-state index in [1.165, 1.54) is 11.1 Å². The monoisotopic (exact) mass is 249 g/mol. The first-order valence-corrected chi connectivity index (χ1v) is 5.47. The number of nitrogens with zero attached hydrogens (tertiary/aromatic N) is 4. The molecule has 1 fully saturated rings. The lowest BCUT2D eigenvalue weighted by molar-refractivity contribution is -0.140. The molecule has 0 saturated carbocycles. The Bertz CT molecular complexity index is 558. The fourth-order valence-corrected chi connectivity index (χ4v) is 1.95. The van der Waals surface area contributed by atoms with Crippen molar-refractivity contribution in [3.8, 4) is 11.6 Å². The number of carbonyl (C=O) groups is 1. The fourth-order valence-electron chi connectivity index (χ4n) is 1.95. The van der Waals surface area contributed by atoms with Crippen LogP contribution in [0.3, 0.4) is 0 Å². The van der Waals surface area contributed by atoms with Crippen LogP contribution in [0.25, 0.3) is 11.6 Å². The van der Waals surface area contributed by atoms with Crippen LogP contribution in [0.1, 0.15) is 6.42 Å². The van der Waals surface area contributed by atoms with Gasteiger partial charge in [-0.15, -0.1) is 10.2 Å². The zero-order valence-corrected chi connectivity index (χ0v) is 9.41. The van der Waals surface area contributed by atoms with Gasteiger partial charge in [-0.2, -0.15) is 4.80 Å². The molecule has 0 bridgehead atoms. The Morgan fingerprint density at radius 3 is 3.00 bits per heavy atom. The number of aliphatic carboxylic acids is 1. The topological polar surface area (TPSA) is 106 Å². The lowest BCUT2D eigenvalue weighted by atomic mass is 9.89. The summed E-state index contributed by atoms with van der Waals surface area (Å²) in [5.74, 6) is -0.0102. The van der Waals surface area contributed by atoms with E-state index in [0.29, 0.717) is 24.7 Å². The molecule has 2 N–H and O–H groups in total. The van der Waals surface area contributed by atoms with Crippen LogP contribution in [0, 0.1) is 0 Å². The zero-order chi connectivity index (χ0) is 12.6. The second kappa shape index (κ2) is 3.91. The molecule has 94 valence electrons. The number of rotatable bonds is 4. The highest BCUT2D eigenvalue weighted by atomic mass is 16.4. The predicted molar refractivity (Wildman–Crippen MR) is 58.6 cm³/mol. The van der Waals surface area contributed by atoms with Crippen molar-refractivity contribution in [3.63, 3.8) is 0 Å². The number of aromatic nitrogens is 4. The summed E-state index contributed by atoms with van der Waals surface area (Å²) < 4.78 is 5.17. The molecule has 0 atom stereocenters. The van der Waals surface area contributed by atoms with E-state index in [2.05, 4.69) is 20.7 Å². The van der Waals surface area contributed by atoms with Crippen molar-refractivity contribution < 1.29 is 14.3 Å². The van der Waals surface area contributed by atoms with Gasteiger partial charge in [0.25, 0.3) is 0 Å². The van der Waals surface area contributed by atoms with Crippen LogP contribution in [0.5, 0.6) is 0 Å². The van der Waals surface area contributed by atoms with E-state index in [0.717, 1.165) is 0 Å². The number of furan rings is 1. The standard InChI is InChI=1S/C10H11N5O3/c16-8(17)4-10(5-11-6-10)15-13-9(12-14-15)7-2-1-3-18-7/h1-3,11H,4-6H2,(H,16,17). The third kappa shape index (κ3) is 1.66. The van der Waals surface area contributed by atoms with Gasteiger partial charge in [0.1, 0.15) is 5.54 Å². The number of hydrogen-bond acceptors (Lipinski definition) is 6. The van der Waals surface area contributed by atoms with Crippen LogP contribution >= 0.6 is 0 Å². The van der Waals surface area contributed by atoms with Gasteiger partial charge in [-0.05, 0) is 17.3 Å². The van der Waals surface area contributed by atoms with Crippen molar-refractivity contribution in [1.29, 1.82) is 0 Å². The second-order valence-electron chi connectivity index (χ2n) is 4.28. The van der Waals surface area contributed by atoms with Crippen molar-refractivity contribution in [2.45, 2.75) is 12.0 Å². The highest BCUT2D eigenvalue weighted by Gasteiger charge is 2.43. The summed E-state index contributed by atoms with van der Waals surface area (Å²) in [5, 5.41) is 24.0. The van der Waals surface area contributed by atoms with E-state index in [-0.39, 0.29) is 6.42 Å². The van der Waals surface area contributed by atoms with Crippen LogP contribution in [0.4, 0.5) is 0 Å². The highest BCUT2D eigenvalue weighted by molar-refractivity contribution is 5.68. The Labute approximate surface area is 102 Å². The summed E-state index contributed by atoms with van der Waals surface area (Å²) in [7, 11) is 0. The van der Waals surface area contributed by atoms with Gasteiger partial charge in [-0.25, -0.2) is 0 Å². The Hall–Kier alpha value is -2.22. The van der Waals surface area contributed by atoms with Crippen LogP contribution in [0.2, 0.25) is 0 Å². The maximum atomic E-state index is 10.9. The van der Waals surface area contributed by atoms with E-state index < -0.39 is 11.5 Å². The number of hydrogen-bond donors (Lipinski definition) is 2. The quantitative estimate of drug-likeness (QED) is 0.766. The molecule has 1 aliphatic heterocycles. The van der Waals surface area contributed by atoms with Gasteiger partial charge in [0.2, 0.25) is 5.82 Å². The maximum absolute atomic E-state index is 10.9. The van der Waals surface area contributed by atoms with Crippen LogP contribution < -0.4 is 5.32 Å². The molecule has 2 aromatic rings. The summed E-state index contributed by atoms with van der Waals surface area (Å²) in [4.78, 5) is 12.3. The summed E-state index contributed by atoms with van der Waals surface area (Å²) in [6.07, 6.45) is 1.49. The van der Waals surface area contributed by atoms with Crippen molar-refractivity contribution in [2.75, 3.05) is 13.1 Å². The molecule has 0 spiro atoms. The summed E-state index contributed by atoms with van der Waals surface area (Å²) >= 11 is 0. The summed E-state index contributed by atoms with van der Waals surface area (Å²) in [6.45, 7) is 1.04. The zero-order valence-electron chi connectivity index (χ0n) is 9.41. The minimum atomic E-state index is -0.881. The third-order valence-corrected chi connectivity index (χ3v) is 2.97. The van der Waals surface area contributed by atoms with Crippen molar-refractivity contribution in [1.82, 2.24) is 25.5 Å². The molecule has 1 saturated heterocycles. The smallest absolute Gasteiger partial charge is 0.305 e. The van der Waals surface area contributed by atoms with E-state index in [4.69, 9.17) is 9.52 Å². The van der Waals surface area contributed by atoms with E-state index >= 15 is 0 Å². The molecule has 0 radical (unpaired) electrons. The van der Waals surface area contributed by atoms with Gasteiger partial charge in [0.05, 0.1) is 12.7 Å². The van der Waals surface area contributed by atoms with Crippen molar-refractivity contribution in [2.24, 2.45) is 0 Å². The van der Waals surface area contributed by atoms with E-state index in [1.54, 1.807) is 12.1 Å². The molecule has 8 heteroatoms. The van der Waals surface area contributed by atoms with Crippen LogP contribution in [0.15, 0.2) is 22.8 Å². The number of nitrogens with one attached hydrogen (secondary N) is 1. The molecule has 0 amide bonds. The molecule has 0 aromatic carbocycles. The highest BCUT2D eigenvalue weighted by Crippen LogP contribution is 2.25. The Balaban J connectivity index is 1.90. The van der Waals surface area contributed by atoms with Crippen LogP contribution in [-0.4, -0.2) is 44.4 Å². The first-order valence-electron chi connectivity index (χ1n) is 5.47. The Morgan fingerprint density at radius 2 is 2.44 bits per heavy atom. The van der Waals surface area contributed by atoms with Crippen molar-refractivity contribution >= 4 is 5.97 Å². The fraction of sp³-hybridized carbons (Fsp3) is 0.400. The molecule has 3 rings (SSSR count). The van der Waals surface area contributed by atoms with Crippen LogP contribution in [-0.2, 0) is 10.3 Å². The summed E-state index contributed by atoms with van der Waals surface area (Å²) in [6, 6.07) is 3.46. The largest absolute Gasteiger partial charge is 0.481 e. The normalized spacial score (nSPS) is 17.3. The van der Waals surface area contributed by atoms with Gasteiger partial charge in [0.15, 0.2) is 5.76 Å². The van der Waals surface area contributed by atoms with Crippen molar-refractivity contribution in [3.05, 3.63) is 18.4 Å². The Morgan fingerprint density at radius 1 is 1.61 bits per heavy atom. The van der Waals surface area contributed by atoms with Gasteiger partial charge in [0, 0.05) is 13.1 Å². The molecule has 0 aliphatic carbocycles. The predicted octanol–water partition coefficient (Wildman–Crippen LogP) is -0.294. The first-order chi connectivity index (χ1) is 8.70. The average molecular weight is 249 g/mol.